The summed E-state index contributed by atoms with van der Waals surface area (Å²) >= 11 is 0. The first kappa shape index (κ1) is 17.5. The number of anilines is 1. The summed E-state index contributed by atoms with van der Waals surface area (Å²) in [6.45, 7) is 3.29. The topological polar surface area (TPSA) is 70.2 Å². The van der Waals surface area contributed by atoms with Crippen LogP contribution >= 0.6 is 0 Å². The second kappa shape index (κ2) is 9.35. The lowest BCUT2D eigenvalue weighted by Gasteiger charge is -2.09. The Balaban J connectivity index is 1.70. The summed E-state index contributed by atoms with van der Waals surface area (Å²) in [5, 5.41) is 8.67. The van der Waals surface area contributed by atoms with Gasteiger partial charge in [0.05, 0.1) is 6.54 Å². The Kier molecular flexibility index (Phi) is 6.83. The summed E-state index contributed by atoms with van der Waals surface area (Å²) in [6.07, 6.45) is 0.813. The standard InChI is InChI=1S/C19H23N3O2/c1-2-20-19(24)16-8-10-17(11-9-16)22-14-18(23)21-13-12-15-6-4-3-5-7-15/h3-11,22H,2,12-14H2,1H3,(H,20,24)(H,21,23). The Morgan fingerprint density at radius 3 is 2.29 bits per heavy atom. The highest BCUT2D eigenvalue weighted by atomic mass is 16.2. The Bertz CT molecular complexity index is 654. The molecule has 5 nitrogen and oxygen atoms in total. The van der Waals surface area contributed by atoms with Gasteiger partial charge in [-0.25, -0.2) is 0 Å². The lowest BCUT2D eigenvalue weighted by Crippen LogP contribution is -2.31. The molecule has 3 N–H and O–H groups in total. The van der Waals surface area contributed by atoms with E-state index in [4.69, 9.17) is 0 Å². The number of hydrogen-bond donors (Lipinski definition) is 3. The zero-order valence-electron chi connectivity index (χ0n) is 13.8. The first-order valence-electron chi connectivity index (χ1n) is 8.12. The molecule has 0 bridgehead atoms. The molecule has 0 atom stereocenters. The van der Waals surface area contributed by atoms with Gasteiger partial charge in [0.1, 0.15) is 0 Å². The van der Waals surface area contributed by atoms with E-state index in [0.717, 1.165) is 12.1 Å². The monoisotopic (exact) mass is 325 g/mol. The highest BCUT2D eigenvalue weighted by Crippen LogP contribution is 2.09. The average molecular weight is 325 g/mol. The molecule has 0 heterocycles. The van der Waals surface area contributed by atoms with Gasteiger partial charge >= 0.3 is 0 Å². The zero-order valence-corrected chi connectivity index (χ0v) is 13.8. The minimum absolute atomic E-state index is 0.0567. The average Bonchev–Trinajstić information content (AvgIpc) is 2.61. The normalized spacial score (nSPS) is 10.0. The molecule has 0 aliphatic rings. The SMILES string of the molecule is CCNC(=O)c1ccc(NCC(=O)NCCc2ccccc2)cc1. The van der Waals surface area contributed by atoms with Crippen LogP contribution in [0.1, 0.15) is 22.8 Å². The van der Waals surface area contributed by atoms with Crippen molar-refractivity contribution in [2.24, 2.45) is 0 Å². The molecular weight excluding hydrogens is 302 g/mol. The van der Waals surface area contributed by atoms with E-state index in [0.29, 0.717) is 18.7 Å². The fraction of sp³-hybridized carbons (Fsp3) is 0.263. The molecule has 0 aliphatic carbocycles. The highest BCUT2D eigenvalue weighted by Gasteiger charge is 2.04. The van der Waals surface area contributed by atoms with Crippen molar-refractivity contribution in [2.75, 3.05) is 25.0 Å². The number of rotatable bonds is 8. The van der Waals surface area contributed by atoms with Gasteiger partial charge in [-0.2, -0.15) is 0 Å². The van der Waals surface area contributed by atoms with Gasteiger partial charge in [0, 0.05) is 24.3 Å². The molecule has 2 amide bonds. The first-order valence-corrected chi connectivity index (χ1v) is 8.12. The summed E-state index contributed by atoms with van der Waals surface area (Å²) in [7, 11) is 0. The van der Waals surface area contributed by atoms with E-state index < -0.39 is 0 Å². The van der Waals surface area contributed by atoms with Crippen LogP contribution in [-0.4, -0.2) is 31.4 Å². The van der Waals surface area contributed by atoms with Gasteiger partial charge in [-0.1, -0.05) is 30.3 Å². The van der Waals surface area contributed by atoms with Crippen molar-refractivity contribution in [2.45, 2.75) is 13.3 Å². The quantitative estimate of drug-likeness (QED) is 0.697. The Morgan fingerprint density at radius 1 is 0.917 bits per heavy atom. The second-order valence-electron chi connectivity index (χ2n) is 5.38. The zero-order chi connectivity index (χ0) is 17.2. The largest absolute Gasteiger partial charge is 0.376 e. The maximum Gasteiger partial charge on any atom is 0.251 e. The molecule has 2 aromatic carbocycles. The van der Waals surface area contributed by atoms with Gasteiger partial charge in [0.25, 0.3) is 5.91 Å². The van der Waals surface area contributed by atoms with Crippen molar-refractivity contribution in [3.63, 3.8) is 0 Å². The fourth-order valence-corrected chi connectivity index (χ4v) is 2.24. The smallest absolute Gasteiger partial charge is 0.251 e. The van der Waals surface area contributed by atoms with E-state index in [9.17, 15) is 9.59 Å². The summed E-state index contributed by atoms with van der Waals surface area (Å²) in [4.78, 5) is 23.5. The Morgan fingerprint density at radius 2 is 1.62 bits per heavy atom. The lowest BCUT2D eigenvalue weighted by molar-refractivity contribution is -0.119. The van der Waals surface area contributed by atoms with Crippen molar-refractivity contribution in [1.29, 1.82) is 0 Å². The molecule has 0 aromatic heterocycles. The highest BCUT2D eigenvalue weighted by molar-refractivity contribution is 5.94. The number of amides is 2. The van der Waals surface area contributed by atoms with E-state index in [-0.39, 0.29) is 18.4 Å². The number of benzene rings is 2. The van der Waals surface area contributed by atoms with Gasteiger partial charge in [0.2, 0.25) is 5.91 Å². The van der Waals surface area contributed by atoms with Crippen LogP contribution in [0.15, 0.2) is 54.6 Å². The minimum Gasteiger partial charge on any atom is -0.376 e. The van der Waals surface area contributed by atoms with Crippen molar-refractivity contribution >= 4 is 17.5 Å². The van der Waals surface area contributed by atoms with Crippen LogP contribution in [0.2, 0.25) is 0 Å². The molecule has 0 unspecified atom stereocenters. The fourth-order valence-electron chi connectivity index (χ4n) is 2.24. The van der Waals surface area contributed by atoms with Gasteiger partial charge in [-0.15, -0.1) is 0 Å². The van der Waals surface area contributed by atoms with Crippen LogP contribution in [0.4, 0.5) is 5.69 Å². The van der Waals surface area contributed by atoms with Crippen molar-refractivity contribution in [3.05, 3.63) is 65.7 Å². The first-order chi connectivity index (χ1) is 11.7. The van der Waals surface area contributed by atoms with Crippen molar-refractivity contribution in [3.8, 4) is 0 Å². The van der Waals surface area contributed by atoms with Gasteiger partial charge in [-0.3, -0.25) is 9.59 Å². The molecule has 2 aromatic rings. The third-order valence-electron chi connectivity index (χ3n) is 3.52. The number of carbonyl (C=O) groups excluding carboxylic acids is 2. The number of hydrogen-bond acceptors (Lipinski definition) is 3. The summed E-state index contributed by atoms with van der Waals surface area (Å²) < 4.78 is 0. The van der Waals surface area contributed by atoms with Crippen LogP contribution in [0, 0.1) is 0 Å². The lowest BCUT2D eigenvalue weighted by atomic mass is 10.1. The summed E-state index contributed by atoms with van der Waals surface area (Å²) in [6, 6.07) is 17.1. The summed E-state index contributed by atoms with van der Waals surface area (Å²) in [5.74, 6) is -0.151. The van der Waals surface area contributed by atoms with Crippen LogP contribution in [0.5, 0.6) is 0 Å². The van der Waals surface area contributed by atoms with Crippen molar-refractivity contribution < 1.29 is 9.59 Å². The third-order valence-corrected chi connectivity index (χ3v) is 3.52. The molecule has 0 spiro atoms. The number of carbonyl (C=O) groups is 2. The van der Waals surface area contributed by atoms with E-state index in [1.807, 2.05) is 37.3 Å². The maximum atomic E-state index is 11.8. The Hall–Kier alpha value is -2.82. The van der Waals surface area contributed by atoms with E-state index in [1.54, 1.807) is 24.3 Å². The summed E-state index contributed by atoms with van der Waals surface area (Å²) in [5.41, 5.74) is 2.61. The predicted octanol–water partition coefficient (Wildman–Crippen LogP) is 2.21. The van der Waals surface area contributed by atoms with Crippen molar-refractivity contribution in [1.82, 2.24) is 10.6 Å². The molecule has 0 saturated carbocycles. The second-order valence-corrected chi connectivity index (χ2v) is 5.38. The van der Waals surface area contributed by atoms with Gasteiger partial charge in [-0.05, 0) is 43.2 Å². The van der Waals surface area contributed by atoms with Crippen LogP contribution in [0.25, 0.3) is 0 Å². The molecule has 2 rings (SSSR count). The number of nitrogens with one attached hydrogen (secondary N) is 3. The molecule has 0 radical (unpaired) electrons. The van der Waals surface area contributed by atoms with Gasteiger partial charge < -0.3 is 16.0 Å². The third kappa shape index (κ3) is 5.76. The van der Waals surface area contributed by atoms with E-state index >= 15 is 0 Å². The molecule has 24 heavy (non-hydrogen) atoms. The molecular formula is C19H23N3O2. The van der Waals surface area contributed by atoms with Crippen LogP contribution in [0.3, 0.4) is 0 Å². The molecule has 5 heteroatoms. The van der Waals surface area contributed by atoms with Crippen LogP contribution in [-0.2, 0) is 11.2 Å². The minimum atomic E-state index is -0.0947. The van der Waals surface area contributed by atoms with Crippen LogP contribution < -0.4 is 16.0 Å². The molecule has 126 valence electrons. The Labute approximate surface area is 142 Å². The molecule has 0 aliphatic heterocycles. The predicted molar refractivity (Wildman–Crippen MR) is 96.1 cm³/mol. The molecule has 0 saturated heterocycles. The van der Waals surface area contributed by atoms with Gasteiger partial charge in [0.15, 0.2) is 0 Å². The maximum absolute atomic E-state index is 11.8. The van der Waals surface area contributed by atoms with E-state index in [1.165, 1.54) is 5.56 Å². The van der Waals surface area contributed by atoms with E-state index in [2.05, 4.69) is 16.0 Å². The molecule has 0 fully saturated rings.